The number of hydrogen-bond donors (Lipinski definition) is 2. The van der Waals surface area contributed by atoms with Crippen LogP contribution in [0.1, 0.15) is 48.0 Å². The molecule has 0 unspecified atom stereocenters. The largest absolute Gasteiger partial charge is 0.497 e. The molecular weight excluding hydrogens is 438 g/mol. The van der Waals surface area contributed by atoms with E-state index in [9.17, 15) is 19.5 Å². The number of amides is 2. The van der Waals surface area contributed by atoms with Crippen molar-refractivity contribution < 1.29 is 33.7 Å². The van der Waals surface area contributed by atoms with E-state index in [1.807, 2.05) is 0 Å². The number of aromatic nitrogens is 1. The van der Waals surface area contributed by atoms with E-state index >= 15 is 0 Å². The number of benzene rings is 1. The molecule has 11 heteroatoms. The molecule has 0 fully saturated rings. The van der Waals surface area contributed by atoms with Crippen molar-refractivity contribution in [3.63, 3.8) is 0 Å². The molecule has 0 aliphatic carbocycles. The van der Waals surface area contributed by atoms with E-state index in [4.69, 9.17) is 14.2 Å². The van der Waals surface area contributed by atoms with Crippen LogP contribution in [-0.2, 0) is 11.3 Å². The van der Waals surface area contributed by atoms with Gasteiger partial charge in [0, 0.05) is 24.5 Å². The van der Waals surface area contributed by atoms with Crippen LogP contribution in [0.5, 0.6) is 11.5 Å². The Balaban J connectivity index is 2.21. The van der Waals surface area contributed by atoms with E-state index in [0.717, 1.165) is 11.3 Å². The highest BCUT2D eigenvalue weighted by molar-refractivity contribution is 7.07. The van der Waals surface area contributed by atoms with Crippen LogP contribution < -0.4 is 19.6 Å². The molecule has 2 amide bonds. The number of hydrogen-bond acceptors (Lipinski definition) is 7. The SMILES string of the molecule is COc1ccc(C(=O)/N=c2\scc(C(=O)O)n2CCCNC(=O)OC(C)(C)C)c(OC)c1. The predicted molar refractivity (Wildman–Crippen MR) is 118 cm³/mol. The number of methoxy groups -OCH3 is 2. The fraction of sp³-hybridized carbons (Fsp3) is 0.429. The minimum absolute atomic E-state index is 0.000476. The normalized spacial score (nSPS) is 11.7. The van der Waals surface area contributed by atoms with Crippen LogP contribution >= 0.6 is 11.3 Å². The van der Waals surface area contributed by atoms with E-state index in [-0.39, 0.29) is 29.1 Å². The number of nitrogens with one attached hydrogen (secondary N) is 1. The fourth-order valence-corrected chi connectivity index (χ4v) is 3.57. The number of aromatic carboxylic acids is 1. The molecule has 174 valence electrons. The summed E-state index contributed by atoms with van der Waals surface area (Å²) in [5.74, 6) is -0.905. The van der Waals surface area contributed by atoms with Crippen LogP contribution in [0, 0.1) is 0 Å². The predicted octanol–water partition coefficient (Wildman–Crippen LogP) is 2.92. The van der Waals surface area contributed by atoms with Crippen molar-refractivity contribution in [1.82, 2.24) is 9.88 Å². The van der Waals surface area contributed by atoms with Gasteiger partial charge in [0.15, 0.2) is 4.80 Å². The molecule has 10 nitrogen and oxygen atoms in total. The Morgan fingerprint density at radius 1 is 1.19 bits per heavy atom. The lowest BCUT2D eigenvalue weighted by Gasteiger charge is -2.19. The van der Waals surface area contributed by atoms with Gasteiger partial charge in [-0.2, -0.15) is 4.99 Å². The number of alkyl carbamates (subject to hydrolysis) is 1. The van der Waals surface area contributed by atoms with Gasteiger partial charge < -0.3 is 29.2 Å². The van der Waals surface area contributed by atoms with Crippen molar-refractivity contribution >= 4 is 29.3 Å². The van der Waals surface area contributed by atoms with Crippen molar-refractivity contribution in [3.05, 3.63) is 39.6 Å². The van der Waals surface area contributed by atoms with Gasteiger partial charge in [0.25, 0.3) is 5.91 Å². The van der Waals surface area contributed by atoms with Crippen molar-refractivity contribution in [2.75, 3.05) is 20.8 Å². The molecule has 0 saturated heterocycles. The lowest BCUT2D eigenvalue weighted by molar-refractivity contribution is 0.0525. The summed E-state index contributed by atoms with van der Waals surface area (Å²) in [5.41, 5.74) is -0.394. The first-order valence-electron chi connectivity index (χ1n) is 9.75. The van der Waals surface area contributed by atoms with E-state index in [0.29, 0.717) is 17.9 Å². The molecule has 1 aromatic carbocycles. The second-order valence-corrected chi connectivity index (χ2v) is 8.46. The monoisotopic (exact) mass is 465 g/mol. The topological polar surface area (TPSA) is 128 Å². The standard InChI is InChI=1S/C21H27N3O7S/c1-21(2,3)31-20(28)22-9-6-10-24-15(18(26)27)12-32-19(24)23-17(25)14-8-7-13(29-4)11-16(14)30-5/h7-8,11-12H,6,9-10H2,1-5H3,(H,22,28)(H,26,27)/b23-19-. The van der Waals surface area contributed by atoms with E-state index in [2.05, 4.69) is 10.3 Å². The van der Waals surface area contributed by atoms with Crippen LogP contribution in [0.25, 0.3) is 0 Å². The molecule has 0 atom stereocenters. The zero-order chi connectivity index (χ0) is 23.9. The molecule has 0 spiro atoms. The highest BCUT2D eigenvalue weighted by Crippen LogP contribution is 2.25. The highest BCUT2D eigenvalue weighted by Gasteiger charge is 2.17. The Hall–Kier alpha value is -3.34. The Bertz CT molecular complexity index is 1050. The number of rotatable bonds is 8. The lowest BCUT2D eigenvalue weighted by atomic mass is 10.2. The third-order valence-corrected chi connectivity index (χ3v) is 4.94. The van der Waals surface area contributed by atoms with E-state index in [1.165, 1.54) is 30.2 Å². The number of carbonyl (C=O) groups is 3. The Kier molecular flexibility index (Phi) is 8.41. The van der Waals surface area contributed by atoms with Gasteiger partial charge >= 0.3 is 12.1 Å². The lowest BCUT2D eigenvalue weighted by Crippen LogP contribution is -2.33. The Morgan fingerprint density at radius 2 is 1.91 bits per heavy atom. The third kappa shape index (κ3) is 6.84. The highest BCUT2D eigenvalue weighted by atomic mass is 32.1. The molecule has 1 aromatic heterocycles. The second kappa shape index (κ2) is 10.8. The molecular formula is C21H27N3O7S. The maximum Gasteiger partial charge on any atom is 0.407 e. The third-order valence-electron chi connectivity index (χ3n) is 4.08. The summed E-state index contributed by atoms with van der Waals surface area (Å²) in [5, 5.41) is 13.5. The molecule has 1 heterocycles. The molecule has 32 heavy (non-hydrogen) atoms. The first-order chi connectivity index (χ1) is 15.1. The van der Waals surface area contributed by atoms with Gasteiger partial charge in [0.1, 0.15) is 22.8 Å². The average molecular weight is 466 g/mol. The fourth-order valence-electron chi connectivity index (χ4n) is 2.67. The molecule has 0 bridgehead atoms. The molecule has 2 rings (SSSR count). The van der Waals surface area contributed by atoms with E-state index in [1.54, 1.807) is 32.9 Å². The molecule has 0 saturated carbocycles. The van der Waals surface area contributed by atoms with Crippen molar-refractivity contribution in [2.24, 2.45) is 4.99 Å². The Morgan fingerprint density at radius 3 is 2.50 bits per heavy atom. The summed E-state index contributed by atoms with van der Waals surface area (Å²) in [6, 6.07) is 4.71. The van der Waals surface area contributed by atoms with Gasteiger partial charge in [-0.15, -0.1) is 11.3 Å². The van der Waals surface area contributed by atoms with Crippen molar-refractivity contribution in [1.29, 1.82) is 0 Å². The smallest absolute Gasteiger partial charge is 0.407 e. The molecule has 0 radical (unpaired) electrons. The maximum absolute atomic E-state index is 12.8. The second-order valence-electron chi connectivity index (χ2n) is 7.63. The number of nitrogens with zero attached hydrogens (tertiary/aromatic N) is 2. The van der Waals surface area contributed by atoms with Crippen LogP contribution in [-0.4, -0.2) is 54.0 Å². The van der Waals surface area contributed by atoms with Crippen LogP contribution in [0.15, 0.2) is 28.6 Å². The van der Waals surface area contributed by atoms with Gasteiger partial charge in [0.2, 0.25) is 0 Å². The summed E-state index contributed by atoms with van der Waals surface area (Å²) >= 11 is 1.04. The summed E-state index contributed by atoms with van der Waals surface area (Å²) in [6.07, 6.45) is -0.151. The summed E-state index contributed by atoms with van der Waals surface area (Å²) in [4.78, 5) is 40.4. The van der Waals surface area contributed by atoms with Gasteiger partial charge in [-0.05, 0) is 39.3 Å². The minimum Gasteiger partial charge on any atom is -0.497 e. The number of ether oxygens (including phenoxy) is 3. The summed E-state index contributed by atoms with van der Waals surface area (Å²) < 4.78 is 17.0. The molecule has 0 aliphatic rings. The van der Waals surface area contributed by atoms with Crippen molar-refractivity contribution in [2.45, 2.75) is 39.3 Å². The average Bonchev–Trinajstić information content (AvgIpc) is 3.11. The number of carbonyl (C=O) groups excluding carboxylic acids is 2. The molecule has 0 aliphatic heterocycles. The van der Waals surface area contributed by atoms with Crippen LogP contribution in [0.4, 0.5) is 4.79 Å². The summed E-state index contributed by atoms with van der Waals surface area (Å²) in [6.45, 7) is 5.77. The molecule has 2 N–H and O–H groups in total. The van der Waals surface area contributed by atoms with E-state index < -0.39 is 23.6 Å². The van der Waals surface area contributed by atoms with Gasteiger partial charge in [-0.3, -0.25) is 4.79 Å². The first-order valence-corrected chi connectivity index (χ1v) is 10.6. The van der Waals surface area contributed by atoms with Crippen LogP contribution in [0.3, 0.4) is 0 Å². The zero-order valence-electron chi connectivity index (χ0n) is 18.6. The van der Waals surface area contributed by atoms with Gasteiger partial charge in [-0.25, -0.2) is 9.59 Å². The molecule has 2 aromatic rings. The van der Waals surface area contributed by atoms with Gasteiger partial charge in [0.05, 0.1) is 19.8 Å². The number of carboxylic acid groups (broad SMARTS) is 1. The van der Waals surface area contributed by atoms with Crippen molar-refractivity contribution in [3.8, 4) is 11.5 Å². The van der Waals surface area contributed by atoms with Crippen LogP contribution in [0.2, 0.25) is 0 Å². The quantitative estimate of drug-likeness (QED) is 0.574. The number of carboxylic acids is 1. The van der Waals surface area contributed by atoms with Gasteiger partial charge in [-0.1, -0.05) is 0 Å². The maximum atomic E-state index is 12.8. The minimum atomic E-state index is -1.14. The summed E-state index contributed by atoms with van der Waals surface area (Å²) in [7, 11) is 2.93. The Labute approximate surface area is 189 Å². The number of thiazole rings is 1. The zero-order valence-corrected chi connectivity index (χ0v) is 19.4. The first kappa shape index (κ1) is 24.9.